The quantitative estimate of drug-likeness (QED) is 0.570. The molecule has 2 nitrogen and oxygen atoms in total. The van der Waals surface area contributed by atoms with Crippen LogP contribution in [0.3, 0.4) is 0 Å². The van der Waals surface area contributed by atoms with Crippen LogP contribution in [0.15, 0.2) is 66.7 Å². The van der Waals surface area contributed by atoms with Gasteiger partial charge in [0, 0.05) is 11.6 Å². The summed E-state index contributed by atoms with van der Waals surface area (Å²) in [5, 5.41) is 2.87. The average Bonchev–Trinajstić information content (AvgIpc) is 2.62. The van der Waals surface area contributed by atoms with Gasteiger partial charge in [0.1, 0.15) is 5.82 Å². The lowest BCUT2D eigenvalue weighted by atomic mass is 10.1. The van der Waals surface area contributed by atoms with E-state index in [9.17, 15) is 17.6 Å². The first-order valence-electron chi connectivity index (χ1n) is 8.00. The van der Waals surface area contributed by atoms with Gasteiger partial charge in [-0.1, -0.05) is 42.5 Å². The second-order valence-corrected chi connectivity index (χ2v) is 5.88. The van der Waals surface area contributed by atoms with E-state index in [1.165, 1.54) is 30.3 Å². The maximum atomic E-state index is 13.5. The molecule has 2 aromatic carbocycles. The first-order valence-corrected chi connectivity index (χ1v) is 8.00. The van der Waals surface area contributed by atoms with Crippen LogP contribution < -0.4 is 5.32 Å². The van der Waals surface area contributed by atoms with Crippen molar-refractivity contribution in [2.45, 2.75) is 19.1 Å². The molecule has 0 bridgehead atoms. The van der Waals surface area contributed by atoms with Crippen LogP contribution in [0.2, 0.25) is 0 Å². The standard InChI is InChI=1S/C20H16F4N2/c1-13(14-6-3-2-4-7-14)25-18-11-10-17(26-19(18)20(22,23)24)15-8-5-9-16(21)12-15/h2-13,25H,1H3. The van der Waals surface area contributed by atoms with E-state index in [2.05, 4.69) is 10.3 Å². The molecule has 1 atom stereocenters. The van der Waals surface area contributed by atoms with Crippen LogP contribution in [0.1, 0.15) is 24.2 Å². The van der Waals surface area contributed by atoms with Crippen molar-refractivity contribution >= 4 is 5.69 Å². The number of benzene rings is 2. The Hall–Kier alpha value is -2.89. The van der Waals surface area contributed by atoms with Gasteiger partial charge in [-0.2, -0.15) is 13.2 Å². The van der Waals surface area contributed by atoms with Crippen molar-refractivity contribution < 1.29 is 17.6 Å². The zero-order chi connectivity index (χ0) is 18.7. The third-order valence-electron chi connectivity index (χ3n) is 3.96. The molecule has 0 radical (unpaired) electrons. The lowest BCUT2D eigenvalue weighted by molar-refractivity contribution is -0.140. The molecule has 1 unspecified atom stereocenters. The zero-order valence-electron chi connectivity index (χ0n) is 13.9. The van der Waals surface area contributed by atoms with Crippen molar-refractivity contribution in [2.75, 3.05) is 5.32 Å². The molecule has 0 spiro atoms. The minimum atomic E-state index is -4.64. The zero-order valence-corrected chi connectivity index (χ0v) is 13.9. The molecular formula is C20H16F4N2. The molecule has 134 valence electrons. The summed E-state index contributed by atoms with van der Waals surface area (Å²) in [6.07, 6.45) is -4.64. The number of halogens is 4. The highest BCUT2D eigenvalue weighted by molar-refractivity contribution is 5.63. The summed E-state index contributed by atoms with van der Waals surface area (Å²) in [6, 6.07) is 16.9. The normalized spacial score (nSPS) is 12.7. The topological polar surface area (TPSA) is 24.9 Å². The van der Waals surface area contributed by atoms with Crippen molar-refractivity contribution in [3.63, 3.8) is 0 Å². The minimum absolute atomic E-state index is 0.0646. The molecule has 26 heavy (non-hydrogen) atoms. The molecule has 0 saturated heterocycles. The molecule has 6 heteroatoms. The van der Waals surface area contributed by atoms with Crippen molar-refractivity contribution in [1.29, 1.82) is 0 Å². The Morgan fingerprint density at radius 2 is 1.65 bits per heavy atom. The second-order valence-electron chi connectivity index (χ2n) is 5.88. The third-order valence-corrected chi connectivity index (χ3v) is 3.96. The smallest absolute Gasteiger partial charge is 0.377 e. The molecule has 0 saturated carbocycles. The van der Waals surface area contributed by atoms with Crippen molar-refractivity contribution in [3.05, 3.63) is 83.8 Å². The fourth-order valence-corrected chi connectivity index (χ4v) is 2.66. The summed E-state index contributed by atoms with van der Waals surface area (Å²) in [5.41, 5.74) is 0.0683. The number of pyridine rings is 1. The number of hydrogen-bond donors (Lipinski definition) is 1. The van der Waals surface area contributed by atoms with Gasteiger partial charge in [-0.05, 0) is 36.8 Å². The number of rotatable bonds is 4. The fourth-order valence-electron chi connectivity index (χ4n) is 2.66. The molecule has 1 heterocycles. The van der Waals surface area contributed by atoms with Crippen LogP contribution in [0.5, 0.6) is 0 Å². The Morgan fingerprint density at radius 3 is 2.31 bits per heavy atom. The van der Waals surface area contributed by atoms with Crippen molar-refractivity contribution in [2.24, 2.45) is 0 Å². The summed E-state index contributed by atoms with van der Waals surface area (Å²) in [7, 11) is 0. The van der Waals surface area contributed by atoms with Gasteiger partial charge >= 0.3 is 6.18 Å². The highest BCUT2D eigenvalue weighted by Gasteiger charge is 2.36. The lowest BCUT2D eigenvalue weighted by Crippen LogP contribution is -2.15. The van der Waals surface area contributed by atoms with E-state index >= 15 is 0 Å². The third kappa shape index (κ3) is 4.02. The molecule has 0 aliphatic heterocycles. The van der Waals surface area contributed by atoms with Gasteiger partial charge in [-0.15, -0.1) is 0 Å². The molecule has 0 amide bonds. The van der Waals surface area contributed by atoms with Gasteiger partial charge in [0.25, 0.3) is 0 Å². The summed E-state index contributed by atoms with van der Waals surface area (Å²) < 4.78 is 53.9. The number of nitrogens with one attached hydrogen (secondary N) is 1. The Balaban J connectivity index is 1.98. The van der Waals surface area contributed by atoms with E-state index in [-0.39, 0.29) is 23.0 Å². The van der Waals surface area contributed by atoms with E-state index in [1.54, 1.807) is 6.92 Å². The molecule has 0 aliphatic rings. The van der Waals surface area contributed by atoms with Gasteiger partial charge in [0.05, 0.1) is 11.4 Å². The minimum Gasteiger partial charge on any atom is -0.377 e. The highest BCUT2D eigenvalue weighted by Crippen LogP contribution is 2.36. The van der Waals surface area contributed by atoms with Crippen molar-refractivity contribution in [3.8, 4) is 11.3 Å². The summed E-state index contributed by atoms with van der Waals surface area (Å²) in [4.78, 5) is 3.75. The predicted molar refractivity (Wildman–Crippen MR) is 93.1 cm³/mol. The number of hydrogen-bond acceptors (Lipinski definition) is 2. The van der Waals surface area contributed by atoms with E-state index in [1.807, 2.05) is 30.3 Å². The molecule has 3 rings (SSSR count). The van der Waals surface area contributed by atoms with E-state index in [4.69, 9.17) is 0 Å². The number of nitrogens with zero attached hydrogens (tertiary/aromatic N) is 1. The molecule has 0 aliphatic carbocycles. The highest BCUT2D eigenvalue weighted by atomic mass is 19.4. The molecule has 0 fully saturated rings. The Labute approximate surface area is 148 Å². The molecule has 1 N–H and O–H groups in total. The van der Waals surface area contributed by atoms with E-state index in [0.29, 0.717) is 0 Å². The first-order chi connectivity index (χ1) is 12.3. The average molecular weight is 360 g/mol. The van der Waals surface area contributed by atoms with E-state index < -0.39 is 17.7 Å². The summed E-state index contributed by atoms with van der Waals surface area (Å²) >= 11 is 0. The molecule has 3 aromatic rings. The molecular weight excluding hydrogens is 344 g/mol. The van der Waals surface area contributed by atoms with Crippen LogP contribution in [0.25, 0.3) is 11.3 Å². The van der Waals surface area contributed by atoms with Gasteiger partial charge in [-0.25, -0.2) is 9.37 Å². The van der Waals surface area contributed by atoms with Gasteiger partial charge in [0.15, 0.2) is 5.69 Å². The molecule has 1 aromatic heterocycles. The fraction of sp³-hybridized carbons (Fsp3) is 0.150. The first kappa shape index (κ1) is 17.9. The summed E-state index contributed by atoms with van der Waals surface area (Å²) in [5.74, 6) is -0.530. The SMILES string of the molecule is CC(Nc1ccc(-c2cccc(F)c2)nc1C(F)(F)F)c1ccccc1. The van der Waals surface area contributed by atoms with Gasteiger partial charge in [-0.3, -0.25) is 0 Å². The maximum Gasteiger partial charge on any atom is 0.435 e. The second kappa shape index (κ2) is 7.15. The van der Waals surface area contributed by atoms with Crippen LogP contribution in [-0.2, 0) is 6.18 Å². The van der Waals surface area contributed by atoms with E-state index in [0.717, 1.165) is 11.6 Å². The van der Waals surface area contributed by atoms with Crippen LogP contribution in [0, 0.1) is 5.82 Å². The van der Waals surface area contributed by atoms with Gasteiger partial charge in [0.2, 0.25) is 0 Å². The monoisotopic (exact) mass is 360 g/mol. The largest absolute Gasteiger partial charge is 0.435 e. The summed E-state index contributed by atoms with van der Waals surface area (Å²) in [6.45, 7) is 1.77. The van der Waals surface area contributed by atoms with Crippen LogP contribution in [0.4, 0.5) is 23.2 Å². The van der Waals surface area contributed by atoms with Gasteiger partial charge < -0.3 is 5.32 Å². The van der Waals surface area contributed by atoms with Crippen LogP contribution in [-0.4, -0.2) is 4.98 Å². The number of alkyl halides is 3. The van der Waals surface area contributed by atoms with Crippen LogP contribution >= 0.6 is 0 Å². The Morgan fingerprint density at radius 1 is 0.923 bits per heavy atom. The Bertz CT molecular complexity index is 892. The number of anilines is 1. The number of aromatic nitrogens is 1. The maximum absolute atomic E-state index is 13.5. The lowest BCUT2D eigenvalue weighted by Gasteiger charge is -2.20. The predicted octanol–water partition coefficient (Wildman–Crippen LogP) is 6.08. The van der Waals surface area contributed by atoms with Crippen molar-refractivity contribution in [1.82, 2.24) is 4.98 Å². The Kier molecular flexibility index (Phi) is 4.93.